The van der Waals surface area contributed by atoms with E-state index in [0.29, 0.717) is 10.5 Å². The number of rotatable bonds is 1. The van der Waals surface area contributed by atoms with Crippen LogP contribution in [0, 0.1) is 0 Å². The number of benzene rings is 1. The molecule has 4 rings (SSSR count). The molecule has 2 unspecified atom stereocenters. The fourth-order valence-electron chi connectivity index (χ4n) is 3.51. The van der Waals surface area contributed by atoms with E-state index < -0.39 is 5.60 Å². The molecular formula is C16H17NOS. The lowest BCUT2D eigenvalue weighted by Crippen LogP contribution is -2.34. The minimum Gasteiger partial charge on any atom is -0.385 e. The number of pyridine rings is 1. The molecule has 0 saturated carbocycles. The highest BCUT2D eigenvalue weighted by molar-refractivity contribution is 8.00. The fourth-order valence-corrected chi connectivity index (χ4v) is 5.34. The van der Waals surface area contributed by atoms with Gasteiger partial charge >= 0.3 is 0 Å². The van der Waals surface area contributed by atoms with Gasteiger partial charge in [-0.05, 0) is 43.4 Å². The highest BCUT2D eigenvalue weighted by Crippen LogP contribution is 2.51. The summed E-state index contributed by atoms with van der Waals surface area (Å²) in [4.78, 5) is 4.41. The SMILES string of the molecule is OC1(c2ccc3cccnc3c2)CC2CCC(C1)S2. The van der Waals surface area contributed by atoms with Gasteiger partial charge in [0.25, 0.3) is 0 Å². The third kappa shape index (κ3) is 1.96. The molecular weight excluding hydrogens is 254 g/mol. The zero-order valence-electron chi connectivity index (χ0n) is 10.7. The van der Waals surface area contributed by atoms with Crippen LogP contribution < -0.4 is 0 Å². The maximum atomic E-state index is 11.0. The van der Waals surface area contributed by atoms with E-state index >= 15 is 0 Å². The second-order valence-electron chi connectivity index (χ2n) is 5.81. The Bertz CT molecular complexity index is 615. The van der Waals surface area contributed by atoms with Crippen molar-refractivity contribution >= 4 is 22.7 Å². The summed E-state index contributed by atoms with van der Waals surface area (Å²) >= 11 is 2.08. The van der Waals surface area contributed by atoms with E-state index in [4.69, 9.17) is 0 Å². The molecule has 2 aliphatic rings. The van der Waals surface area contributed by atoms with E-state index in [1.54, 1.807) is 0 Å². The van der Waals surface area contributed by atoms with Gasteiger partial charge in [-0.25, -0.2) is 0 Å². The second-order valence-corrected chi connectivity index (χ2v) is 7.41. The molecule has 1 N–H and O–H groups in total. The summed E-state index contributed by atoms with van der Waals surface area (Å²) in [6.07, 6.45) is 6.14. The summed E-state index contributed by atoms with van der Waals surface area (Å²) in [6, 6.07) is 10.3. The zero-order chi connectivity index (χ0) is 12.9. The molecule has 3 heterocycles. The van der Waals surface area contributed by atoms with Gasteiger partial charge in [0.2, 0.25) is 0 Å². The van der Waals surface area contributed by atoms with E-state index in [1.165, 1.54) is 12.8 Å². The van der Waals surface area contributed by atoms with Crippen molar-refractivity contribution < 1.29 is 5.11 Å². The minimum atomic E-state index is -0.636. The van der Waals surface area contributed by atoms with Crippen molar-refractivity contribution in [3.05, 3.63) is 42.1 Å². The molecule has 1 aromatic carbocycles. The molecule has 2 aliphatic heterocycles. The Morgan fingerprint density at radius 2 is 1.95 bits per heavy atom. The van der Waals surface area contributed by atoms with Crippen LogP contribution in [0.2, 0.25) is 0 Å². The standard InChI is InChI=1S/C16H17NOS/c18-16(9-13-5-6-14(10-16)19-13)12-4-3-11-2-1-7-17-15(11)8-12/h1-4,7-8,13-14,18H,5-6,9-10H2. The molecule has 98 valence electrons. The summed E-state index contributed by atoms with van der Waals surface area (Å²) in [6.45, 7) is 0. The van der Waals surface area contributed by atoms with Crippen LogP contribution in [0.25, 0.3) is 10.9 Å². The second kappa shape index (κ2) is 4.22. The van der Waals surface area contributed by atoms with Crippen LogP contribution in [0.15, 0.2) is 36.5 Å². The van der Waals surface area contributed by atoms with Crippen LogP contribution in [0.4, 0.5) is 0 Å². The maximum absolute atomic E-state index is 11.0. The van der Waals surface area contributed by atoms with Gasteiger partial charge in [-0.2, -0.15) is 11.8 Å². The monoisotopic (exact) mass is 271 g/mol. The summed E-state index contributed by atoms with van der Waals surface area (Å²) in [5, 5.41) is 13.5. The molecule has 2 saturated heterocycles. The van der Waals surface area contributed by atoms with Crippen molar-refractivity contribution in [2.45, 2.75) is 41.8 Å². The third-order valence-corrected chi connectivity index (χ3v) is 6.04. The lowest BCUT2D eigenvalue weighted by atomic mass is 9.85. The van der Waals surface area contributed by atoms with Crippen LogP contribution in [0.3, 0.4) is 0 Å². The van der Waals surface area contributed by atoms with E-state index in [9.17, 15) is 5.11 Å². The quantitative estimate of drug-likeness (QED) is 0.862. The summed E-state index contributed by atoms with van der Waals surface area (Å²) in [5.74, 6) is 0. The smallest absolute Gasteiger partial charge is 0.0918 e. The lowest BCUT2D eigenvalue weighted by molar-refractivity contribution is 0.0197. The molecule has 0 amide bonds. The molecule has 2 atom stereocenters. The predicted molar refractivity (Wildman–Crippen MR) is 79.3 cm³/mol. The molecule has 2 aromatic rings. The van der Waals surface area contributed by atoms with Crippen LogP contribution in [0.5, 0.6) is 0 Å². The van der Waals surface area contributed by atoms with Crippen LogP contribution in [-0.4, -0.2) is 20.6 Å². The Hall–Kier alpha value is -1.06. The first-order chi connectivity index (χ1) is 9.23. The molecule has 0 radical (unpaired) electrons. The first-order valence-electron chi connectivity index (χ1n) is 6.96. The molecule has 0 spiro atoms. The van der Waals surface area contributed by atoms with Crippen molar-refractivity contribution in [3.8, 4) is 0 Å². The summed E-state index contributed by atoms with van der Waals surface area (Å²) in [7, 11) is 0. The van der Waals surface area contributed by atoms with E-state index in [1.807, 2.05) is 12.3 Å². The van der Waals surface area contributed by atoms with Gasteiger partial charge < -0.3 is 5.11 Å². The van der Waals surface area contributed by atoms with E-state index in [-0.39, 0.29) is 0 Å². The zero-order valence-corrected chi connectivity index (χ0v) is 11.6. The van der Waals surface area contributed by atoms with Gasteiger partial charge in [-0.1, -0.05) is 18.2 Å². The largest absolute Gasteiger partial charge is 0.385 e. The van der Waals surface area contributed by atoms with Crippen molar-refractivity contribution in [2.24, 2.45) is 0 Å². The number of fused-ring (bicyclic) bond motifs is 3. The molecule has 2 fully saturated rings. The van der Waals surface area contributed by atoms with Crippen molar-refractivity contribution in [2.75, 3.05) is 0 Å². The first-order valence-corrected chi connectivity index (χ1v) is 7.90. The van der Waals surface area contributed by atoms with Gasteiger partial charge in [0.05, 0.1) is 11.1 Å². The molecule has 19 heavy (non-hydrogen) atoms. The van der Waals surface area contributed by atoms with Crippen LogP contribution in [0.1, 0.15) is 31.2 Å². The third-order valence-electron chi connectivity index (χ3n) is 4.47. The summed E-state index contributed by atoms with van der Waals surface area (Å²) in [5.41, 5.74) is 1.40. The number of hydrogen-bond donors (Lipinski definition) is 1. The first kappa shape index (κ1) is 11.7. The molecule has 0 aliphatic carbocycles. The van der Waals surface area contributed by atoms with E-state index in [2.05, 4.69) is 41.0 Å². The minimum absolute atomic E-state index is 0.636. The number of thioether (sulfide) groups is 1. The Labute approximate surface area is 117 Å². The highest BCUT2D eigenvalue weighted by Gasteiger charge is 2.44. The van der Waals surface area contributed by atoms with Gasteiger partial charge in [-0.15, -0.1) is 0 Å². The predicted octanol–water partition coefficient (Wildman–Crippen LogP) is 3.48. The number of hydrogen-bond acceptors (Lipinski definition) is 3. The number of aliphatic hydroxyl groups is 1. The Balaban J connectivity index is 1.76. The number of aromatic nitrogens is 1. The van der Waals surface area contributed by atoms with Crippen LogP contribution >= 0.6 is 11.8 Å². The Morgan fingerprint density at radius 1 is 1.16 bits per heavy atom. The molecule has 1 aromatic heterocycles. The average Bonchev–Trinajstić information content (AvgIpc) is 2.78. The van der Waals surface area contributed by atoms with Crippen LogP contribution in [-0.2, 0) is 5.60 Å². The number of nitrogens with zero attached hydrogens (tertiary/aromatic N) is 1. The Kier molecular flexibility index (Phi) is 2.61. The summed E-state index contributed by atoms with van der Waals surface area (Å²) < 4.78 is 0. The van der Waals surface area contributed by atoms with Gasteiger partial charge in [-0.3, -0.25) is 4.98 Å². The normalized spacial score (nSPS) is 33.7. The molecule has 2 bridgehead atoms. The van der Waals surface area contributed by atoms with Gasteiger partial charge in [0, 0.05) is 22.1 Å². The molecule has 3 heteroatoms. The maximum Gasteiger partial charge on any atom is 0.0918 e. The molecule has 2 nitrogen and oxygen atoms in total. The van der Waals surface area contributed by atoms with E-state index in [0.717, 1.165) is 29.3 Å². The highest BCUT2D eigenvalue weighted by atomic mass is 32.2. The lowest BCUT2D eigenvalue weighted by Gasteiger charge is -2.36. The van der Waals surface area contributed by atoms with Gasteiger partial charge in [0.15, 0.2) is 0 Å². The van der Waals surface area contributed by atoms with Crippen molar-refractivity contribution in [1.29, 1.82) is 0 Å². The van der Waals surface area contributed by atoms with Gasteiger partial charge in [0.1, 0.15) is 0 Å². The van der Waals surface area contributed by atoms with Crippen molar-refractivity contribution in [3.63, 3.8) is 0 Å². The average molecular weight is 271 g/mol. The fraction of sp³-hybridized carbons (Fsp3) is 0.438. The van der Waals surface area contributed by atoms with Crippen molar-refractivity contribution in [1.82, 2.24) is 4.98 Å². The topological polar surface area (TPSA) is 33.1 Å². The Morgan fingerprint density at radius 3 is 2.74 bits per heavy atom.